The lowest BCUT2D eigenvalue weighted by molar-refractivity contribution is 0.307. The Balaban J connectivity index is 1.56. The van der Waals surface area contributed by atoms with Gasteiger partial charge in [-0.1, -0.05) is 72.2 Å². The molecule has 4 aromatic carbocycles. The Morgan fingerprint density at radius 2 is 1.82 bits per heavy atom. The van der Waals surface area contributed by atoms with E-state index in [-0.39, 0.29) is 11.5 Å². The maximum absolute atomic E-state index is 13.6. The Morgan fingerprint density at radius 1 is 1.03 bits per heavy atom. The lowest BCUT2D eigenvalue weighted by Crippen LogP contribution is -2.23. The number of hydrogen-bond donors (Lipinski definition) is 0. The van der Waals surface area contributed by atoms with Crippen molar-refractivity contribution in [1.82, 2.24) is 9.66 Å². The van der Waals surface area contributed by atoms with Crippen LogP contribution in [0.1, 0.15) is 43.1 Å². The van der Waals surface area contributed by atoms with E-state index < -0.39 is 0 Å². The lowest BCUT2D eigenvalue weighted by atomic mass is 10.1. The van der Waals surface area contributed by atoms with Gasteiger partial charge in [0.05, 0.1) is 17.1 Å². The highest BCUT2D eigenvalue weighted by atomic mass is 79.9. The highest BCUT2D eigenvalue weighted by Gasteiger charge is 2.16. The number of benzene rings is 4. The molecule has 0 aliphatic rings. The summed E-state index contributed by atoms with van der Waals surface area (Å²) in [5.74, 6) is 1.38. The average molecular weight is 584 g/mol. The second-order valence-electron chi connectivity index (χ2n) is 9.85. The number of ether oxygens (including phenoxy) is 1. The van der Waals surface area contributed by atoms with Crippen LogP contribution in [0.15, 0.2) is 93.2 Å². The second kappa shape index (κ2) is 11.4. The van der Waals surface area contributed by atoms with Gasteiger partial charge < -0.3 is 9.64 Å². The number of nitrogens with zero attached hydrogens (tertiary/aromatic N) is 4. The Hall–Kier alpha value is -3.97. The molecule has 0 spiro atoms. The van der Waals surface area contributed by atoms with E-state index in [1.165, 1.54) is 10.1 Å². The number of fused-ring (bicyclic) bond motifs is 2. The molecule has 0 bridgehead atoms. The summed E-state index contributed by atoms with van der Waals surface area (Å²) >= 11 is 3.47. The van der Waals surface area contributed by atoms with E-state index >= 15 is 0 Å². The van der Waals surface area contributed by atoms with Crippen molar-refractivity contribution in [2.24, 2.45) is 5.10 Å². The monoisotopic (exact) mass is 582 g/mol. The first-order valence-corrected chi connectivity index (χ1v) is 13.8. The van der Waals surface area contributed by atoms with E-state index in [0.29, 0.717) is 29.1 Å². The van der Waals surface area contributed by atoms with Crippen LogP contribution in [0.5, 0.6) is 5.75 Å². The summed E-state index contributed by atoms with van der Waals surface area (Å²) < 4.78 is 8.65. The Labute approximate surface area is 236 Å². The minimum Gasteiger partial charge on any atom is -0.488 e. The van der Waals surface area contributed by atoms with Crippen LogP contribution in [-0.4, -0.2) is 30.0 Å². The highest BCUT2D eigenvalue weighted by molar-refractivity contribution is 9.10. The normalized spacial score (nSPS) is 12.3. The van der Waals surface area contributed by atoms with Crippen molar-refractivity contribution < 1.29 is 4.74 Å². The molecule has 5 aromatic rings. The van der Waals surface area contributed by atoms with Gasteiger partial charge in [-0.15, -0.1) is 0 Å². The van der Waals surface area contributed by atoms with Gasteiger partial charge >= 0.3 is 0 Å². The van der Waals surface area contributed by atoms with Crippen molar-refractivity contribution >= 4 is 49.5 Å². The van der Waals surface area contributed by atoms with Crippen LogP contribution in [0.3, 0.4) is 0 Å². The average Bonchev–Trinajstić information content (AvgIpc) is 2.95. The van der Waals surface area contributed by atoms with Gasteiger partial charge in [-0.05, 0) is 53.1 Å². The topological polar surface area (TPSA) is 59.7 Å². The van der Waals surface area contributed by atoms with Gasteiger partial charge in [0.2, 0.25) is 0 Å². The first-order chi connectivity index (χ1) is 18.9. The van der Waals surface area contributed by atoms with Crippen molar-refractivity contribution in [3.8, 4) is 5.75 Å². The maximum Gasteiger partial charge on any atom is 0.282 e. The van der Waals surface area contributed by atoms with Gasteiger partial charge in [0.25, 0.3) is 5.56 Å². The zero-order valence-electron chi connectivity index (χ0n) is 22.6. The molecule has 0 N–H and O–H groups in total. The molecule has 1 heterocycles. The van der Waals surface area contributed by atoms with Crippen molar-refractivity contribution in [2.45, 2.75) is 32.8 Å². The molecule has 1 atom stereocenters. The molecule has 0 amide bonds. The Kier molecular flexibility index (Phi) is 7.79. The molecule has 5 rings (SSSR count). The molecule has 0 saturated carbocycles. The second-order valence-corrected chi connectivity index (χ2v) is 10.8. The van der Waals surface area contributed by atoms with E-state index in [2.05, 4.69) is 59.1 Å². The Bertz CT molecular complexity index is 1740. The fourth-order valence-corrected chi connectivity index (χ4v) is 4.87. The van der Waals surface area contributed by atoms with Crippen molar-refractivity contribution in [3.63, 3.8) is 0 Å². The highest BCUT2D eigenvalue weighted by Crippen LogP contribution is 2.27. The van der Waals surface area contributed by atoms with E-state index in [9.17, 15) is 4.79 Å². The van der Waals surface area contributed by atoms with Crippen LogP contribution in [0, 0.1) is 0 Å². The van der Waals surface area contributed by atoms with Crippen molar-refractivity contribution in [1.29, 1.82) is 0 Å². The largest absolute Gasteiger partial charge is 0.488 e. The lowest BCUT2D eigenvalue weighted by Gasteiger charge is -2.17. The summed E-state index contributed by atoms with van der Waals surface area (Å²) in [6.07, 6.45) is 2.53. The number of anilines is 1. The van der Waals surface area contributed by atoms with E-state index in [1.807, 2.05) is 67.5 Å². The minimum absolute atomic E-state index is 0.0566. The molecular formula is C32H31BrN4O2. The molecule has 39 heavy (non-hydrogen) atoms. The molecule has 0 fully saturated rings. The van der Waals surface area contributed by atoms with Crippen LogP contribution in [-0.2, 0) is 6.61 Å². The SMILES string of the molecule is CC[C@@H](C)c1nc2ccc(Br)cc2c(=O)n1N=Cc1ccc(N(C)C)cc1OCc1cccc2ccccc12. The molecule has 0 aliphatic heterocycles. The molecule has 7 heteroatoms. The van der Waals surface area contributed by atoms with Gasteiger partial charge in [-0.2, -0.15) is 9.78 Å². The number of halogens is 1. The summed E-state index contributed by atoms with van der Waals surface area (Å²) in [6.45, 7) is 4.54. The fraction of sp³-hybridized carbons (Fsp3) is 0.219. The Morgan fingerprint density at radius 3 is 2.62 bits per heavy atom. The predicted octanol–water partition coefficient (Wildman–Crippen LogP) is 7.35. The van der Waals surface area contributed by atoms with Gasteiger partial charge in [0.15, 0.2) is 0 Å². The smallest absolute Gasteiger partial charge is 0.282 e. The first-order valence-electron chi connectivity index (χ1n) is 13.0. The van der Waals surface area contributed by atoms with Crippen LogP contribution in [0.4, 0.5) is 5.69 Å². The van der Waals surface area contributed by atoms with Gasteiger partial charge in [0, 0.05) is 41.8 Å². The van der Waals surface area contributed by atoms with E-state index in [4.69, 9.17) is 9.72 Å². The standard InChI is InChI=1S/C32H31BrN4O2/c1-5-21(2)31-35-29-16-14-25(33)17-28(29)32(38)37(31)34-19-23-13-15-26(36(3)4)18-30(23)39-20-24-11-8-10-22-9-6-7-12-27(22)24/h6-19,21H,5,20H2,1-4H3/t21-/m1/s1. The molecule has 6 nitrogen and oxygen atoms in total. The molecule has 0 saturated heterocycles. The van der Waals surface area contributed by atoms with Crippen LogP contribution in [0.25, 0.3) is 21.7 Å². The number of rotatable bonds is 8. The molecule has 0 aliphatic carbocycles. The van der Waals surface area contributed by atoms with Crippen LogP contribution >= 0.6 is 15.9 Å². The molecule has 0 radical (unpaired) electrons. The molecule has 1 aromatic heterocycles. The summed E-state index contributed by atoms with van der Waals surface area (Å²) in [5, 5.41) is 7.53. The van der Waals surface area contributed by atoms with Crippen LogP contribution < -0.4 is 15.2 Å². The number of aromatic nitrogens is 2. The van der Waals surface area contributed by atoms with Gasteiger partial charge in [0.1, 0.15) is 18.2 Å². The third-order valence-electron chi connectivity index (χ3n) is 6.98. The third-order valence-corrected chi connectivity index (χ3v) is 7.47. The quantitative estimate of drug-likeness (QED) is 0.179. The third kappa shape index (κ3) is 5.59. The van der Waals surface area contributed by atoms with Crippen molar-refractivity contribution in [2.75, 3.05) is 19.0 Å². The van der Waals surface area contributed by atoms with E-state index in [1.54, 1.807) is 12.3 Å². The van der Waals surface area contributed by atoms with Gasteiger partial charge in [-0.3, -0.25) is 4.79 Å². The number of hydrogen-bond acceptors (Lipinski definition) is 5. The van der Waals surface area contributed by atoms with Gasteiger partial charge in [-0.25, -0.2) is 4.98 Å². The van der Waals surface area contributed by atoms with Crippen molar-refractivity contribution in [3.05, 3.63) is 111 Å². The summed E-state index contributed by atoms with van der Waals surface area (Å²) in [4.78, 5) is 20.4. The summed E-state index contributed by atoms with van der Waals surface area (Å²) in [6, 6.07) is 26.1. The minimum atomic E-state index is -0.198. The molecule has 198 valence electrons. The summed E-state index contributed by atoms with van der Waals surface area (Å²) in [5.41, 5.74) is 3.35. The zero-order valence-corrected chi connectivity index (χ0v) is 24.1. The summed E-state index contributed by atoms with van der Waals surface area (Å²) in [7, 11) is 3.99. The van der Waals surface area contributed by atoms with E-state index in [0.717, 1.165) is 33.1 Å². The zero-order chi connectivity index (χ0) is 27.5. The molecular weight excluding hydrogens is 552 g/mol. The molecule has 0 unspecified atom stereocenters. The maximum atomic E-state index is 13.6. The van der Waals surface area contributed by atoms with Crippen LogP contribution in [0.2, 0.25) is 0 Å². The predicted molar refractivity (Wildman–Crippen MR) is 164 cm³/mol. The first kappa shape index (κ1) is 26.6. The fourth-order valence-electron chi connectivity index (χ4n) is 4.51.